The quantitative estimate of drug-likeness (QED) is 0.790. The van der Waals surface area contributed by atoms with Crippen LogP contribution >= 0.6 is 0 Å². The summed E-state index contributed by atoms with van der Waals surface area (Å²) in [7, 11) is 0. The largest absolute Gasteiger partial charge is 0.439 e. The van der Waals surface area contributed by atoms with Crippen LogP contribution in [0.15, 0.2) is 65.2 Å². The summed E-state index contributed by atoms with van der Waals surface area (Å²) in [5.41, 5.74) is 7.82. The predicted molar refractivity (Wildman–Crippen MR) is 74.4 cm³/mol. The Morgan fingerprint density at radius 3 is 2.40 bits per heavy atom. The highest BCUT2D eigenvalue weighted by atomic mass is 19.1. The molecule has 0 amide bonds. The molecule has 4 heteroatoms. The molecule has 0 aliphatic rings. The van der Waals surface area contributed by atoms with Crippen molar-refractivity contribution in [2.24, 2.45) is 5.73 Å². The molecule has 0 saturated heterocycles. The number of benzene rings is 2. The number of oxazole rings is 1. The van der Waals surface area contributed by atoms with E-state index in [0.29, 0.717) is 11.7 Å². The maximum atomic E-state index is 12.9. The molecular formula is C16H13FN2O. The maximum Gasteiger partial charge on any atom is 0.216 e. The lowest BCUT2D eigenvalue weighted by atomic mass is 10.1. The summed E-state index contributed by atoms with van der Waals surface area (Å²) < 4.78 is 18.6. The Bertz CT molecular complexity index is 692. The molecule has 3 aromatic rings. The molecule has 0 saturated carbocycles. The SMILES string of the molecule is NC(c1ccccc1)c1ncc(-c2ccc(F)cc2)o1. The molecule has 1 heterocycles. The van der Waals surface area contributed by atoms with E-state index in [1.54, 1.807) is 18.3 Å². The van der Waals surface area contributed by atoms with Crippen molar-refractivity contribution in [3.8, 4) is 11.3 Å². The molecule has 0 spiro atoms. The molecule has 0 aliphatic carbocycles. The van der Waals surface area contributed by atoms with Gasteiger partial charge in [0.2, 0.25) is 5.89 Å². The zero-order valence-corrected chi connectivity index (χ0v) is 10.7. The number of hydrogen-bond acceptors (Lipinski definition) is 3. The van der Waals surface area contributed by atoms with Gasteiger partial charge in [0.1, 0.15) is 11.9 Å². The first-order valence-corrected chi connectivity index (χ1v) is 6.26. The summed E-state index contributed by atoms with van der Waals surface area (Å²) >= 11 is 0. The minimum Gasteiger partial charge on any atom is -0.439 e. The third-order valence-corrected chi connectivity index (χ3v) is 3.08. The van der Waals surface area contributed by atoms with Crippen LogP contribution in [0.3, 0.4) is 0 Å². The molecule has 1 atom stereocenters. The van der Waals surface area contributed by atoms with Crippen molar-refractivity contribution >= 4 is 0 Å². The van der Waals surface area contributed by atoms with Crippen molar-refractivity contribution in [3.63, 3.8) is 0 Å². The topological polar surface area (TPSA) is 52.0 Å². The molecule has 3 nitrogen and oxygen atoms in total. The van der Waals surface area contributed by atoms with E-state index in [1.807, 2.05) is 30.3 Å². The van der Waals surface area contributed by atoms with Gasteiger partial charge in [-0.3, -0.25) is 0 Å². The molecule has 1 aromatic heterocycles. The summed E-state index contributed by atoms with van der Waals surface area (Å²) in [5, 5.41) is 0. The monoisotopic (exact) mass is 268 g/mol. The standard InChI is InChI=1S/C16H13FN2O/c17-13-8-6-11(7-9-13)14-10-19-16(20-14)15(18)12-4-2-1-3-5-12/h1-10,15H,18H2. The second-order valence-corrected chi connectivity index (χ2v) is 4.46. The van der Waals surface area contributed by atoms with Gasteiger partial charge in [0.25, 0.3) is 0 Å². The summed E-state index contributed by atoms with van der Waals surface area (Å²) in [6, 6.07) is 15.3. The molecule has 1 unspecified atom stereocenters. The number of rotatable bonds is 3. The van der Waals surface area contributed by atoms with E-state index >= 15 is 0 Å². The van der Waals surface area contributed by atoms with Crippen molar-refractivity contribution in [3.05, 3.63) is 78.1 Å². The Balaban J connectivity index is 1.89. The molecular weight excluding hydrogens is 255 g/mol. The normalized spacial score (nSPS) is 12.3. The number of halogens is 1. The maximum absolute atomic E-state index is 12.9. The predicted octanol–water partition coefficient (Wildman–Crippen LogP) is 3.53. The van der Waals surface area contributed by atoms with E-state index in [1.165, 1.54) is 12.1 Å². The van der Waals surface area contributed by atoms with Crippen LogP contribution in [0.5, 0.6) is 0 Å². The highest BCUT2D eigenvalue weighted by Gasteiger charge is 2.15. The van der Waals surface area contributed by atoms with Gasteiger partial charge < -0.3 is 10.2 Å². The van der Waals surface area contributed by atoms with Crippen molar-refractivity contribution < 1.29 is 8.81 Å². The van der Waals surface area contributed by atoms with Crippen molar-refractivity contribution in [1.29, 1.82) is 0 Å². The number of aromatic nitrogens is 1. The Labute approximate surface area is 115 Å². The first kappa shape index (κ1) is 12.6. The van der Waals surface area contributed by atoms with Gasteiger partial charge in [0, 0.05) is 5.56 Å². The third kappa shape index (κ3) is 2.46. The summed E-state index contributed by atoms with van der Waals surface area (Å²) in [6.45, 7) is 0. The Hall–Kier alpha value is -2.46. The van der Waals surface area contributed by atoms with Crippen LogP contribution in [0, 0.1) is 5.82 Å². The molecule has 2 aromatic carbocycles. The van der Waals surface area contributed by atoms with Crippen LogP contribution in [0.4, 0.5) is 4.39 Å². The van der Waals surface area contributed by atoms with Crippen molar-refractivity contribution in [2.45, 2.75) is 6.04 Å². The smallest absolute Gasteiger partial charge is 0.216 e. The molecule has 0 aliphatic heterocycles. The van der Waals surface area contributed by atoms with Gasteiger partial charge in [0.05, 0.1) is 6.20 Å². The summed E-state index contributed by atoms with van der Waals surface area (Å²) in [5.74, 6) is 0.733. The first-order valence-electron chi connectivity index (χ1n) is 6.26. The molecule has 0 radical (unpaired) electrons. The van der Waals surface area contributed by atoms with Crippen molar-refractivity contribution in [1.82, 2.24) is 4.98 Å². The molecule has 20 heavy (non-hydrogen) atoms. The zero-order chi connectivity index (χ0) is 13.9. The third-order valence-electron chi connectivity index (χ3n) is 3.08. The highest BCUT2D eigenvalue weighted by Crippen LogP contribution is 2.25. The fourth-order valence-corrected chi connectivity index (χ4v) is 1.98. The highest BCUT2D eigenvalue weighted by molar-refractivity contribution is 5.56. The molecule has 2 N–H and O–H groups in total. The van der Waals surface area contributed by atoms with Crippen LogP contribution < -0.4 is 5.73 Å². The second-order valence-electron chi connectivity index (χ2n) is 4.46. The fraction of sp³-hybridized carbons (Fsp3) is 0.0625. The number of hydrogen-bond donors (Lipinski definition) is 1. The Kier molecular flexibility index (Phi) is 3.31. The van der Waals surface area contributed by atoms with Crippen LogP contribution in [0.25, 0.3) is 11.3 Å². The van der Waals surface area contributed by atoms with E-state index in [2.05, 4.69) is 4.98 Å². The van der Waals surface area contributed by atoms with Gasteiger partial charge >= 0.3 is 0 Å². The average molecular weight is 268 g/mol. The van der Waals surface area contributed by atoms with Crippen molar-refractivity contribution in [2.75, 3.05) is 0 Å². The average Bonchev–Trinajstić information content (AvgIpc) is 2.98. The molecule has 0 fully saturated rings. The zero-order valence-electron chi connectivity index (χ0n) is 10.7. The summed E-state index contributed by atoms with van der Waals surface area (Å²) in [6.07, 6.45) is 1.60. The number of nitrogens with zero attached hydrogens (tertiary/aromatic N) is 1. The first-order chi connectivity index (χ1) is 9.74. The van der Waals surface area contributed by atoms with Crippen LogP contribution in [0.1, 0.15) is 17.5 Å². The number of nitrogens with two attached hydrogens (primary N) is 1. The van der Waals surface area contributed by atoms with Gasteiger partial charge in [-0.25, -0.2) is 9.37 Å². The van der Waals surface area contributed by atoms with Gasteiger partial charge in [-0.2, -0.15) is 0 Å². The van der Waals surface area contributed by atoms with Crippen LogP contribution in [-0.2, 0) is 0 Å². The second kappa shape index (κ2) is 5.27. The minimum atomic E-state index is -0.412. The van der Waals surface area contributed by atoms with E-state index in [9.17, 15) is 4.39 Å². The Morgan fingerprint density at radius 2 is 1.70 bits per heavy atom. The lowest BCUT2D eigenvalue weighted by Crippen LogP contribution is -2.11. The Morgan fingerprint density at radius 1 is 1.00 bits per heavy atom. The fourth-order valence-electron chi connectivity index (χ4n) is 1.98. The lowest BCUT2D eigenvalue weighted by molar-refractivity contribution is 0.484. The molecule has 0 bridgehead atoms. The van der Waals surface area contributed by atoms with Crippen LogP contribution in [0.2, 0.25) is 0 Å². The van der Waals surface area contributed by atoms with E-state index < -0.39 is 6.04 Å². The molecule has 100 valence electrons. The van der Waals surface area contributed by atoms with Gasteiger partial charge in [-0.15, -0.1) is 0 Å². The van der Waals surface area contributed by atoms with Gasteiger partial charge in [-0.1, -0.05) is 30.3 Å². The van der Waals surface area contributed by atoms with E-state index in [4.69, 9.17) is 10.2 Å². The van der Waals surface area contributed by atoms with Gasteiger partial charge in [0.15, 0.2) is 5.76 Å². The summed E-state index contributed by atoms with van der Waals surface area (Å²) in [4.78, 5) is 4.21. The minimum absolute atomic E-state index is 0.283. The van der Waals surface area contributed by atoms with E-state index in [-0.39, 0.29) is 5.82 Å². The lowest BCUT2D eigenvalue weighted by Gasteiger charge is -2.07. The van der Waals surface area contributed by atoms with Gasteiger partial charge in [-0.05, 0) is 29.8 Å². The van der Waals surface area contributed by atoms with Crippen LogP contribution in [-0.4, -0.2) is 4.98 Å². The molecule has 3 rings (SSSR count). The van der Waals surface area contributed by atoms with E-state index in [0.717, 1.165) is 11.1 Å².